The van der Waals surface area contributed by atoms with Crippen LogP contribution in [0.3, 0.4) is 0 Å². The van der Waals surface area contributed by atoms with E-state index >= 15 is 0 Å². The number of rotatable bonds is 3. The Bertz CT molecular complexity index is 438. The van der Waals surface area contributed by atoms with E-state index < -0.39 is 18.8 Å². The summed E-state index contributed by atoms with van der Waals surface area (Å²) in [5.41, 5.74) is 0.314. The topological polar surface area (TPSA) is 50.4 Å². The molecule has 0 aliphatic heterocycles. The maximum atomic E-state index is 11.9. The zero-order chi connectivity index (χ0) is 13.8. The van der Waals surface area contributed by atoms with Crippen molar-refractivity contribution in [3.8, 4) is 5.75 Å². The van der Waals surface area contributed by atoms with Gasteiger partial charge in [0.2, 0.25) is 0 Å². The van der Waals surface area contributed by atoms with Crippen LogP contribution in [0.4, 0.5) is 23.7 Å². The number of carbonyl (C=O) groups is 1. The van der Waals surface area contributed by atoms with Gasteiger partial charge >= 0.3 is 12.2 Å². The first-order valence-corrected chi connectivity index (χ1v) is 5.57. The third kappa shape index (κ3) is 4.44. The Kier molecular flexibility index (Phi) is 4.83. The van der Waals surface area contributed by atoms with Crippen LogP contribution in [0.2, 0.25) is 0 Å². The molecule has 0 aliphatic rings. The van der Waals surface area contributed by atoms with Gasteiger partial charge in [0, 0.05) is 0 Å². The van der Waals surface area contributed by atoms with Gasteiger partial charge in [-0.05, 0) is 28.1 Å². The molecule has 0 fully saturated rings. The van der Waals surface area contributed by atoms with Crippen LogP contribution < -0.4 is 15.4 Å². The zero-order valence-electron chi connectivity index (χ0n) is 9.27. The largest absolute Gasteiger partial charge is 0.495 e. The normalized spacial score (nSPS) is 10.9. The van der Waals surface area contributed by atoms with E-state index in [0.29, 0.717) is 15.9 Å². The molecular weight excluding hydrogens is 317 g/mol. The molecule has 0 unspecified atom stereocenters. The van der Waals surface area contributed by atoms with Gasteiger partial charge < -0.3 is 15.4 Å². The number of halogens is 4. The van der Waals surface area contributed by atoms with Crippen LogP contribution in [0.5, 0.6) is 5.75 Å². The second-order valence-electron chi connectivity index (χ2n) is 3.24. The summed E-state index contributed by atoms with van der Waals surface area (Å²) < 4.78 is 41.1. The summed E-state index contributed by atoms with van der Waals surface area (Å²) in [6.07, 6.45) is -4.44. The number of anilines is 1. The molecule has 100 valence electrons. The van der Waals surface area contributed by atoms with Crippen molar-refractivity contribution >= 4 is 27.6 Å². The Morgan fingerprint density at radius 2 is 2.11 bits per heavy atom. The summed E-state index contributed by atoms with van der Waals surface area (Å²) in [6.45, 7) is -1.39. The fourth-order valence-corrected chi connectivity index (χ4v) is 1.64. The van der Waals surface area contributed by atoms with Crippen molar-refractivity contribution in [2.24, 2.45) is 0 Å². The molecular formula is C10H10BrF3N2O2. The van der Waals surface area contributed by atoms with Gasteiger partial charge in [0.05, 0.1) is 17.3 Å². The third-order valence-corrected chi connectivity index (χ3v) is 2.70. The molecule has 0 atom stereocenters. The second-order valence-corrected chi connectivity index (χ2v) is 4.04. The molecule has 2 N–H and O–H groups in total. The molecule has 2 amide bonds. The molecule has 0 radical (unpaired) electrons. The van der Waals surface area contributed by atoms with Crippen molar-refractivity contribution in [1.29, 1.82) is 0 Å². The summed E-state index contributed by atoms with van der Waals surface area (Å²) in [6, 6.07) is 3.83. The van der Waals surface area contributed by atoms with Crippen LogP contribution in [0.25, 0.3) is 0 Å². The molecule has 0 spiro atoms. The minimum Gasteiger partial charge on any atom is -0.495 e. The van der Waals surface area contributed by atoms with E-state index in [1.807, 2.05) is 0 Å². The molecule has 1 rings (SSSR count). The van der Waals surface area contributed by atoms with Crippen LogP contribution in [-0.2, 0) is 0 Å². The molecule has 18 heavy (non-hydrogen) atoms. The van der Waals surface area contributed by atoms with Crippen molar-refractivity contribution in [3.63, 3.8) is 0 Å². The second kappa shape index (κ2) is 5.94. The maximum Gasteiger partial charge on any atom is 0.405 e. The van der Waals surface area contributed by atoms with E-state index in [0.717, 1.165) is 0 Å². The summed E-state index contributed by atoms with van der Waals surface area (Å²) in [4.78, 5) is 11.2. The number of ether oxygens (including phenoxy) is 1. The van der Waals surface area contributed by atoms with Crippen LogP contribution in [0.1, 0.15) is 0 Å². The van der Waals surface area contributed by atoms with Crippen molar-refractivity contribution in [2.75, 3.05) is 19.0 Å². The Morgan fingerprint density at radius 1 is 1.44 bits per heavy atom. The summed E-state index contributed by atoms with van der Waals surface area (Å²) in [7, 11) is 1.44. The Morgan fingerprint density at radius 3 is 2.67 bits per heavy atom. The highest BCUT2D eigenvalue weighted by molar-refractivity contribution is 9.10. The number of nitrogens with one attached hydrogen (secondary N) is 2. The lowest BCUT2D eigenvalue weighted by Crippen LogP contribution is -2.36. The average molecular weight is 327 g/mol. The van der Waals surface area contributed by atoms with Crippen molar-refractivity contribution in [1.82, 2.24) is 5.32 Å². The highest BCUT2D eigenvalue weighted by Crippen LogP contribution is 2.31. The standard InChI is InChI=1S/C10H10BrF3N2O2/c1-18-7-4-2-3-6(8(7)11)16-9(17)15-5-10(12,13)14/h2-4H,5H2,1H3,(H2,15,16,17). The number of carbonyl (C=O) groups excluding carboxylic acids is 1. The SMILES string of the molecule is COc1cccc(NC(=O)NCC(F)(F)F)c1Br. The maximum absolute atomic E-state index is 11.9. The number of amides is 2. The highest BCUT2D eigenvalue weighted by atomic mass is 79.9. The first-order valence-electron chi connectivity index (χ1n) is 4.77. The zero-order valence-corrected chi connectivity index (χ0v) is 10.9. The van der Waals surface area contributed by atoms with Gasteiger partial charge in [0.1, 0.15) is 12.3 Å². The molecule has 0 saturated carbocycles. The number of urea groups is 1. The quantitative estimate of drug-likeness (QED) is 0.896. The first-order chi connectivity index (χ1) is 8.33. The molecule has 0 bridgehead atoms. The van der Waals surface area contributed by atoms with Crippen molar-refractivity contribution in [2.45, 2.75) is 6.18 Å². The molecule has 1 aromatic rings. The first kappa shape index (κ1) is 14.6. The Balaban J connectivity index is 2.65. The molecule has 0 heterocycles. The lowest BCUT2D eigenvalue weighted by atomic mass is 10.3. The monoisotopic (exact) mass is 326 g/mol. The van der Waals surface area contributed by atoms with E-state index in [2.05, 4.69) is 21.2 Å². The molecule has 8 heteroatoms. The summed E-state index contributed by atoms with van der Waals surface area (Å²) >= 11 is 3.17. The van der Waals surface area contributed by atoms with Gasteiger partial charge in [-0.15, -0.1) is 0 Å². The number of alkyl halides is 3. The summed E-state index contributed by atoms with van der Waals surface area (Å²) in [5, 5.41) is 3.98. The fourth-order valence-electron chi connectivity index (χ4n) is 1.11. The van der Waals surface area contributed by atoms with Gasteiger partial charge in [-0.25, -0.2) is 4.79 Å². The van der Waals surface area contributed by atoms with E-state index in [-0.39, 0.29) is 0 Å². The number of methoxy groups -OCH3 is 1. The van der Waals surface area contributed by atoms with Crippen LogP contribution in [0.15, 0.2) is 22.7 Å². The van der Waals surface area contributed by atoms with E-state index in [4.69, 9.17) is 4.74 Å². The highest BCUT2D eigenvalue weighted by Gasteiger charge is 2.27. The minimum atomic E-state index is -4.44. The average Bonchev–Trinajstić information content (AvgIpc) is 2.28. The summed E-state index contributed by atoms with van der Waals surface area (Å²) in [5.74, 6) is 0.462. The fraction of sp³-hybridized carbons (Fsp3) is 0.300. The molecule has 0 aromatic heterocycles. The molecule has 4 nitrogen and oxygen atoms in total. The Hall–Kier alpha value is -1.44. The van der Waals surface area contributed by atoms with Crippen molar-refractivity contribution in [3.05, 3.63) is 22.7 Å². The number of benzene rings is 1. The minimum absolute atomic E-state index is 0.314. The molecule has 0 saturated heterocycles. The van der Waals surface area contributed by atoms with Crippen LogP contribution >= 0.6 is 15.9 Å². The van der Waals surface area contributed by atoms with Gasteiger partial charge in [0.15, 0.2) is 0 Å². The number of hydrogen-bond donors (Lipinski definition) is 2. The van der Waals surface area contributed by atoms with Gasteiger partial charge in [-0.3, -0.25) is 0 Å². The van der Waals surface area contributed by atoms with Crippen LogP contribution in [-0.4, -0.2) is 25.9 Å². The number of hydrogen-bond acceptors (Lipinski definition) is 2. The van der Waals surface area contributed by atoms with Crippen LogP contribution in [0, 0.1) is 0 Å². The van der Waals surface area contributed by atoms with Gasteiger partial charge in [-0.2, -0.15) is 13.2 Å². The van der Waals surface area contributed by atoms with Gasteiger partial charge in [-0.1, -0.05) is 6.07 Å². The molecule has 1 aromatic carbocycles. The Labute approximate surface area is 110 Å². The predicted octanol–water partition coefficient (Wildman–Crippen LogP) is 3.14. The van der Waals surface area contributed by atoms with Gasteiger partial charge in [0.25, 0.3) is 0 Å². The van der Waals surface area contributed by atoms with E-state index in [1.165, 1.54) is 13.2 Å². The lowest BCUT2D eigenvalue weighted by Gasteiger charge is -2.12. The molecule has 0 aliphatic carbocycles. The third-order valence-electron chi connectivity index (χ3n) is 1.88. The predicted molar refractivity (Wildman–Crippen MR) is 63.8 cm³/mol. The smallest absolute Gasteiger partial charge is 0.405 e. The van der Waals surface area contributed by atoms with Crippen molar-refractivity contribution < 1.29 is 22.7 Å². The lowest BCUT2D eigenvalue weighted by molar-refractivity contribution is -0.122. The van der Waals surface area contributed by atoms with E-state index in [1.54, 1.807) is 17.4 Å². The van der Waals surface area contributed by atoms with E-state index in [9.17, 15) is 18.0 Å².